The lowest BCUT2D eigenvalue weighted by atomic mass is 10.0. The third-order valence-electron chi connectivity index (χ3n) is 4.98. The lowest BCUT2D eigenvalue weighted by Gasteiger charge is -2.11. The molecule has 3 aromatic carbocycles. The highest BCUT2D eigenvalue weighted by Gasteiger charge is 2.15. The molecule has 5 nitrogen and oxygen atoms in total. The molecule has 0 amide bonds. The highest BCUT2D eigenvalue weighted by molar-refractivity contribution is 5.95. The van der Waals surface area contributed by atoms with E-state index in [4.69, 9.17) is 10.5 Å². The van der Waals surface area contributed by atoms with Crippen molar-refractivity contribution in [3.63, 3.8) is 0 Å². The number of aromatic nitrogens is 1. The molecule has 0 saturated carbocycles. The molecule has 0 aliphatic rings. The van der Waals surface area contributed by atoms with Gasteiger partial charge in [0.05, 0.1) is 11.3 Å². The number of hydrogen-bond donors (Lipinski definition) is 2. The van der Waals surface area contributed by atoms with E-state index >= 15 is 0 Å². The van der Waals surface area contributed by atoms with Gasteiger partial charge in [0.1, 0.15) is 11.6 Å². The predicted octanol–water partition coefficient (Wildman–Crippen LogP) is 5.81. The molecule has 0 spiro atoms. The average molecular weight is 428 g/mol. The Morgan fingerprint density at radius 3 is 2.59 bits per heavy atom. The van der Waals surface area contributed by atoms with E-state index in [1.807, 2.05) is 43.3 Å². The summed E-state index contributed by atoms with van der Waals surface area (Å²) in [4.78, 5) is 16.0. The highest BCUT2D eigenvalue weighted by atomic mass is 19.1. The molecule has 0 aliphatic heterocycles. The number of halogens is 1. The topological polar surface area (TPSA) is 85.4 Å². The third-order valence-corrected chi connectivity index (χ3v) is 4.98. The fourth-order valence-corrected chi connectivity index (χ4v) is 3.51. The zero-order valence-electron chi connectivity index (χ0n) is 17.4. The predicted molar refractivity (Wildman–Crippen MR) is 121 cm³/mol. The van der Waals surface area contributed by atoms with Gasteiger partial charge in [-0.1, -0.05) is 30.3 Å². The molecule has 160 valence electrons. The van der Waals surface area contributed by atoms with E-state index in [1.165, 1.54) is 12.1 Å². The molecule has 0 atom stereocenters. The van der Waals surface area contributed by atoms with Gasteiger partial charge in [-0.25, -0.2) is 14.2 Å². The van der Waals surface area contributed by atoms with Gasteiger partial charge in [0.25, 0.3) is 0 Å². The molecule has 0 fully saturated rings. The summed E-state index contributed by atoms with van der Waals surface area (Å²) in [6, 6.07) is 22.5. The van der Waals surface area contributed by atoms with Crippen molar-refractivity contribution in [2.24, 2.45) is 5.73 Å². The molecule has 1 heterocycles. The molecular weight excluding hydrogens is 407 g/mol. The number of rotatable bonds is 6. The van der Waals surface area contributed by atoms with Gasteiger partial charge in [-0.05, 0) is 71.6 Å². The number of nitrogens with two attached hydrogens (primary N) is 1. The monoisotopic (exact) mass is 428 g/mol. The number of benzene rings is 3. The number of carboxylic acid groups (broad SMARTS) is 1. The molecule has 6 heteroatoms. The molecule has 0 saturated heterocycles. The molecule has 0 radical (unpaired) electrons. The largest absolute Gasteiger partial charge is 0.478 e. The SMILES string of the molecule is Cc1cc(Oc2cccc(-c3ccc(F)cc3C(=O)O)n2)cc(-c2cccc(CN)c2)c1. The lowest BCUT2D eigenvalue weighted by Crippen LogP contribution is -2.01. The fraction of sp³-hybridized carbons (Fsp3) is 0.0769. The molecule has 4 aromatic rings. The first kappa shape index (κ1) is 21.2. The second-order valence-corrected chi connectivity index (χ2v) is 7.40. The maximum atomic E-state index is 13.5. The first-order valence-corrected chi connectivity index (χ1v) is 10.0. The van der Waals surface area contributed by atoms with Crippen LogP contribution in [0.25, 0.3) is 22.4 Å². The summed E-state index contributed by atoms with van der Waals surface area (Å²) in [5.74, 6) is -0.948. The number of carboxylic acids is 1. The van der Waals surface area contributed by atoms with E-state index in [1.54, 1.807) is 18.2 Å². The number of carbonyl (C=O) groups is 1. The number of ether oxygens (including phenoxy) is 1. The van der Waals surface area contributed by atoms with Crippen LogP contribution in [0.5, 0.6) is 11.6 Å². The van der Waals surface area contributed by atoms with Crippen LogP contribution in [0, 0.1) is 12.7 Å². The second kappa shape index (κ2) is 8.99. The Hall–Kier alpha value is -4.03. The van der Waals surface area contributed by atoms with E-state index in [0.29, 0.717) is 29.4 Å². The standard InChI is InChI=1S/C26H21FN2O3/c1-16-10-19(18-5-2-4-17(12-18)15-28)13-21(11-16)32-25-7-3-6-24(29-25)22-9-8-20(27)14-23(22)26(30)31/h2-14H,15,28H2,1H3,(H,30,31). The van der Waals surface area contributed by atoms with Crippen LogP contribution in [0.4, 0.5) is 4.39 Å². The van der Waals surface area contributed by atoms with Crippen LogP contribution in [0.1, 0.15) is 21.5 Å². The van der Waals surface area contributed by atoms with Crippen molar-refractivity contribution >= 4 is 5.97 Å². The van der Waals surface area contributed by atoms with Gasteiger partial charge in [0.15, 0.2) is 0 Å². The van der Waals surface area contributed by atoms with Crippen molar-refractivity contribution in [3.8, 4) is 34.0 Å². The summed E-state index contributed by atoms with van der Waals surface area (Å²) in [6.07, 6.45) is 0. The van der Waals surface area contributed by atoms with Gasteiger partial charge >= 0.3 is 5.97 Å². The van der Waals surface area contributed by atoms with Crippen molar-refractivity contribution in [2.75, 3.05) is 0 Å². The van der Waals surface area contributed by atoms with Gasteiger partial charge in [0.2, 0.25) is 5.88 Å². The Balaban J connectivity index is 1.68. The van der Waals surface area contributed by atoms with Crippen molar-refractivity contribution in [1.82, 2.24) is 4.98 Å². The Morgan fingerprint density at radius 1 is 1.00 bits per heavy atom. The quantitative estimate of drug-likeness (QED) is 0.405. The number of aryl methyl sites for hydroxylation is 1. The summed E-state index contributed by atoms with van der Waals surface area (Å²) in [6.45, 7) is 2.44. The molecule has 4 rings (SSSR count). The molecule has 32 heavy (non-hydrogen) atoms. The zero-order valence-corrected chi connectivity index (χ0v) is 17.4. The van der Waals surface area contributed by atoms with Crippen molar-refractivity contribution < 1.29 is 19.0 Å². The maximum absolute atomic E-state index is 13.5. The van der Waals surface area contributed by atoms with E-state index in [2.05, 4.69) is 11.1 Å². The minimum atomic E-state index is -1.23. The highest BCUT2D eigenvalue weighted by Crippen LogP contribution is 2.31. The van der Waals surface area contributed by atoms with Gasteiger partial charge in [-0.3, -0.25) is 0 Å². The third kappa shape index (κ3) is 4.66. The summed E-state index contributed by atoms with van der Waals surface area (Å²) < 4.78 is 19.5. The molecule has 1 aromatic heterocycles. The van der Waals surface area contributed by atoms with Crippen LogP contribution in [0.15, 0.2) is 78.9 Å². The molecule has 0 unspecified atom stereocenters. The molecular formula is C26H21FN2O3. The Morgan fingerprint density at radius 2 is 1.81 bits per heavy atom. The summed E-state index contributed by atoms with van der Waals surface area (Å²) in [7, 11) is 0. The minimum Gasteiger partial charge on any atom is -0.478 e. The molecule has 3 N–H and O–H groups in total. The van der Waals surface area contributed by atoms with Crippen LogP contribution in [-0.2, 0) is 6.54 Å². The van der Waals surface area contributed by atoms with Gasteiger partial charge in [-0.2, -0.15) is 0 Å². The Labute approximate surface area is 184 Å². The van der Waals surface area contributed by atoms with E-state index in [9.17, 15) is 14.3 Å². The number of aromatic carboxylic acids is 1. The number of nitrogens with zero attached hydrogens (tertiary/aromatic N) is 1. The van der Waals surface area contributed by atoms with Crippen LogP contribution in [0.3, 0.4) is 0 Å². The minimum absolute atomic E-state index is 0.160. The van der Waals surface area contributed by atoms with Crippen LogP contribution in [-0.4, -0.2) is 16.1 Å². The zero-order chi connectivity index (χ0) is 22.7. The number of pyridine rings is 1. The van der Waals surface area contributed by atoms with Gasteiger partial charge in [0, 0.05) is 18.2 Å². The average Bonchev–Trinajstić information content (AvgIpc) is 2.79. The second-order valence-electron chi connectivity index (χ2n) is 7.40. The first-order valence-electron chi connectivity index (χ1n) is 10.0. The fourth-order valence-electron chi connectivity index (χ4n) is 3.51. The summed E-state index contributed by atoms with van der Waals surface area (Å²) in [5, 5.41) is 9.43. The van der Waals surface area contributed by atoms with Gasteiger partial charge in [-0.15, -0.1) is 0 Å². The van der Waals surface area contributed by atoms with E-state index in [0.717, 1.165) is 28.3 Å². The van der Waals surface area contributed by atoms with Crippen molar-refractivity contribution in [1.29, 1.82) is 0 Å². The summed E-state index contributed by atoms with van der Waals surface area (Å²) in [5.41, 5.74) is 10.4. The summed E-state index contributed by atoms with van der Waals surface area (Å²) >= 11 is 0. The van der Waals surface area contributed by atoms with E-state index in [-0.39, 0.29) is 5.56 Å². The van der Waals surface area contributed by atoms with Crippen molar-refractivity contribution in [3.05, 3.63) is 101 Å². The maximum Gasteiger partial charge on any atom is 0.336 e. The Bertz CT molecular complexity index is 1300. The first-order chi connectivity index (χ1) is 15.4. The molecule has 0 aliphatic carbocycles. The smallest absolute Gasteiger partial charge is 0.336 e. The van der Waals surface area contributed by atoms with Crippen LogP contribution < -0.4 is 10.5 Å². The van der Waals surface area contributed by atoms with Crippen LogP contribution >= 0.6 is 0 Å². The van der Waals surface area contributed by atoms with Gasteiger partial charge < -0.3 is 15.6 Å². The van der Waals surface area contributed by atoms with Crippen LogP contribution in [0.2, 0.25) is 0 Å². The normalized spacial score (nSPS) is 10.7. The van der Waals surface area contributed by atoms with Crippen molar-refractivity contribution in [2.45, 2.75) is 13.5 Å². The van der Waals surface area contributed by atoms with E-state index < -0.39 is 11.8 Å². The lowest BCUT2D eigenvalue weighted by molar-refractivity contribution is 0.0697. The number of hydrogen-bond acceptors (Lipinski definition) is 4. The molecule has 0 bridgehead atoms. The Kier molecular flexibility index (Phi) is 5.96.